The van der Waals surface area contributed by atoms with Gasteiger partial charge in [0, 0.05) is 12.1 Å². The van der Waals surface area contributed by atoms with E-state index in [-0.39, 0.29) is 10.9 Å². The van der Waals surface area contributed by atoms with E-state index in [1.54, 1.807) is 0 Å². The molecule has 3 atom stereocenters. The van der Waals surface area contributed by atoms with E-state index in [0.29, 0.717) is 19.3 Å². The number of halogens is 1. The van der Waals surface area contributed by atoms with Gasteiger partial charge < -0.3 is 5.11 Å². The number of hydrogen-bond acceptors (Lipinski definition) is 3. The Morgan fingerprint density at radius 3 is 2.60 bits per heavy atom. The summed E-state index contributed by atoms with van der Waals surface area (Å²) in [6.45, 7) is 0. The second-order valence-corrected chi connectivity index (χ2v) is 7.06. The number of carboxylic acids is 1. The molecular weight excluding hydrogens is 285 g/mol. The van der Waals surface area contributed by atoms with E-state index in [4.69, 9.17) is 5.11 Å². The lowest BCUT2D eigenvalue weighted by Gasteiger charge is -2.22. The van der Waals surface area contributed by atoms with Crippen molar-refractivity contribution < 1.29 is 22.7 Å². The van der Waals surface area contributed by atoms with Gasteiger partial charge in [-0.15, -0.1) is 0 Å². The predicted octanol–water partition coefficient (Wildman–Crippen LogP) is 1.45. The standard InChI is InChI=1S/C13H14FNO4S/c14-10-3-1-2-4-12(10)20(18,19)15-8-5-6-11(15)9(7-8)13(16)17/h1-4,8-9,11H,5-7H2,(H,16,17). The Kier molecular flexibility index (Phi) is 3.06. The molecule has 7 heteroatoms. The molecule has 0 amide bonds. The van der Waals surface area contributed by atoms with Crippen molar-refractivity contribution in [3.05, 3.63) is 30.1 Å². The molecular formula is C13H14FNO4S. The van der Waals surface area contributed by atoms with E-state index in [9.17, 15) is 17.6 Å². The maximum Gasteiger partial charge on any atom is 0.308 e. The number of carboxylic acid groups (broad SMARTS) is 1. The normalized spacial score (nSPS) is 29.8. The number of carbonyl (C=O) groups is 1. The number of benzene rings is 1. The molecule has 2 fully saturated rings. The van der Waals surface area contributed by atoms with Crippen molar-refractivity contribution in [2.24, 2.45) is 5.92 Å². The van der Waals surface area contributed by atoms with Crippen LogP contribution in [0.1, 0.15) is 19.3 Å². The first kappa shape index (κ1) is 13.5. The summed E-state index contributed by atoms with van der Waals surface area (Å²) >= 11 is 0. The molecule has 1 N–H and O–H groups in total. The van der Waals surface area contributed by atoms with E-state index in [2.05, 4.69) is 0 Å². The summed E-state index contributed by atoms with van der Waals surface area (Å²) in [4.78, 5) is 10.8. The van der Waals surface area contributed by atoms with Gasteiger partial charge in [0.1, 0.15) is 10.7 Å². The lowest BCUT2D eigenvalue weighted by Crippen LogP contribution is -2.38. The van der Waals surface area contributed by atoms with Gasteiger partial charge in [0.25, 0.3) is 0 Å². The molecule has 3 rings (SSSR count). The van der Waals surface area contributed by atoms with Gasteiger partial charge in [-0.3, -0.25) is 4.79 Å². The van der Waals surface area contributed by atoms with Crippen LogP contribution in [-0.2, 0) is 14.8 Å². The molecule has 1 aromatic carbocycles. The molecule has 5 nitrogen and oxygen atoms in total. The maximum atomic E-state index is 13.7. The molecule has 0 radical (unpaired) electrons. The minimum atomic E-state index is -3.98. The Morgan fingerprint density at radius 2 is 2.00 bits per heavy atom. The lowest BCUT2D eigenvalue weighted by atomic mass is 9.89. The molecule has 0 saturated carbocycles. The number of hydrogen-bond donors (Lipinski definition) is 1. The Bertz CT molecular complexity index is 660. The monoisotopic (exact) mass is 299 g/mol. The predicted molar refractivity (Wildman–Crippen MR) is 68.0 cm³/mol. The molecule has 108 valence electrons. The highest BCUT2D eigenvalue weighted by atomic mass is 32.2. The third-order valence-electron chi connectivity index (χ3n) is 4.18. The summed E-state index contributed by atoms with van der Waals surface area (Å²) in [5.74, 6) is -2.47. The van der Waals surface area contributed by atoms with Crippen molar-refractivity contribution in [1.29, 1.82) is 0 Å². The third kappa shape index (κ3) is 1.84. The number of sulfonamides is 1. The fourth-order valence-corrected chi connectivity index (χ4v) is 5.33. The summed E-state index contributed by atoms with van der Waals surface area (Å²) in [7, 11) is -3.98. The summed E-state index contributed by atoms with van der Waals surface area (Å²) in [6.07, 6.45) is 1.48. The van der Waals surface area contributed by atoms with Gasteiger partial charge in [0.05, 0.1) is 5.92 Å². The van der Waals surface area contributed by atoms with Gasteiger partial charge >= 0.3 is 5.97 Å². The summed E-state index contributed by atoms with van der Waals surface area (Å²) in [5, 5.41) is 9.15. The second-order valence-electron chi connectivity index (χ2n) is 5.24. The van der Waals surface area contributed by atoms with E-state index < -0.39 is 33.8 Å². The number of rotatable bonds is 3. The SMILES string of the molecule is O=C(O)C1CC2CCC1N2S(=O)(=O)c1ccccc1F. The van der Waals surface area contributed by atoms with Gasteiger partial charge in [-0.05, 0) is 31.4 Å². The summed E-state index contributed by atoms with van der Waals surface area (Å²) in [5.41, 5.74) is 0. The van der Waals surface area contributed by atoms with E-state index in [0.717, 1.165) is 6.07 Å². The Labute approximate surface area is 116 Å². The molecule has 20 heavy (non-hydrogen) atoms. The van der Waals surface area contributed by atoms with Crippen LogP contribution in [0.25, 0.3) is 0 Å². The molecule has 0 aromatic heterocycles. The van der Waals surface area contributed by atoms with Crippen molar-refractivity contribution in [1.82, 2.24) is 4.31 Å². The molecule has 2 bridgehead atoms. The van der Waals surface area contributed by atoms with Crippen LogP contribution in [0.3, 0.4) is 0 Å². The zero-order valence-corrected chi connectivity index (χ0v) is 11.4. The van der Waals surface area contributed by atoms with Crippen molar-refractivity contribution in [3.8, 4) is 0 Å². The molecule has 3 unspecified atom stereocenters. The van der Waals surface area contributed by atoms with Gasteiger partial charge in [0.15, 0.2) is 0 Å². The first-order valence-corrected chi connectivity index (χ1v) is 7.88. The number of aliphatic carboxylic acids is 1. The summed E-state index contributed by atoms with van der Waals surface area (Å²) < 4.78 is 40.1. The maximum absolute atomic E-state index is 13.7. The van der Waals surface area contributed by atoms with Crippen molar-refractivity contribution >= 4 is 16.0 Å². The second kappa shape index (κ2) is 4.53. The first-order chi connectivity index (χ1) is 9.43. The topological polar surface area (TPSA) is 74.7 Å². The lowest BCUT2D eigenvalue weighted by molar-refractivity contribution is -0.142. The Morgan fingerprint density at radius 1 is 1.30 bits per heavy atom. The average molecular weight is 299 g/mol. The molecule has 2 aliphatic rings. The van der Waals surface area contributed by atoms with Crippen LogP contribution in [-0.4, -0.2) is 35.9 Å². The molecule has 2 heterocycles. The van der Waals surface area contributed by atoms with E-state index in [1.165, 1.54) is 22.5 Å². The van der Waals surface area contributed by atoms with Crippen LogP contribution in [0.5, 0.6) is 0 Å². The van der Waals surface area contributed by atoms with Crippen LogP contribution >= 0.6 is 0 Å². The zero-order valence-electron chi connectivity index (χ0n) is 10.6. The number of fused-ring (bicyclic) bond motifs is 2. The smallest absolute Gasteiger partial charge is 0.308 e. The van der Waals surface area contributed by atoms with Crippen LogP contribution in [0.15, 0.2) is 29.2 Å². The van der Waals surface area contributed by atoms with Crippen molar-refractivity contribution in [2.75, 3.05) is 0 Å². The highest BCUT2D eigenvalue weighted by Crippen LogP contribution is 2.45. The van der Waals surface area contributed by atoms with Crippen LogP contribution in [0.2, 0.25) is 0 Å². The van der Waals surface area contributed by atoms with Gasteiger partial charge in [0.2, 0.25) is 10.0 Å². The van der Waals surface area contributed by atoms with Crippen LogP contribution in [0, 0.1) is 11.7 Å². The average Bonchev–Trinajstić information content (AvgIpc) is 2.97. The minimum Gasteiger partial charge on any atom is -0.481 e. The summed E-state index contributed by atoms with van der Waals surface area (Å²) in [6, 6.07) is 4.32. The Balaban J connectivity index is 2.02. The fourth-order valence-electron chi connectivity index (χ4n) is 3.35. The van der Waals surface area contributed by atoms with Gasteiger partial charge in [-0.1, -0.05) is 12.1 Å². The van der Waals surface area contributed by atoms with E-state index >= 15 is 0 Å². The largest absolute Gasteiger partial charge is 0.481 e. The first-order valence-electron chi connectivity index (χ1n) is 6.44. The molecule has 0 aliphatic carbocycles. The van der Waals surface area contributed by atoms with Gasteiger partial charge in [-0.25, -0.2) is 12.8 Å². The van der Waals surface area contributed by atoms with E-state index in [1.807, 2.05) is 0 Å². The molecule has 1 aromatic rings. The molecule has 2 aliphatic heterocycles. The molecule has 0 spiro atoms. The van der Waals surface area contributed by atoms with Crippen molar-refractivity contribution in [3.63, 3.8) is 0 Å². The van der Waals surface area contributed by atoms with Crippen molar-refractivity contribution in [2.45, 2.75) is 36.2 Å². The van der Waals surface area contributed by atoms with Crippen LogP contribution < -0.4 is 0 Å². The highest BCUT2D eigenvalue weighted by molar-refractivity contribution is 7.89. The van der Waals surface area contributed by atoms with Gasteiger partial charge in [-0.2, -0.15) is 4.31 Å². The quantitative estimate of drug-likeness (QED) is 0.916. The zero-order chi connectivity index (χ0) is 14.5. The highest BCUT2D eigenvalue weighted by Gasteiger charge is 2.54. The molecule has 2 saturated heterocycles. The third-order valence-corrected chi connectivity index (χ3v) is 6.19. The fraction of sp³-hybridized carbons (Fsp3) is 0.462. The minimum absolute atomic E-state index is 0.313. The number of nitrogens with zero attached hydrogens (tertiary/aromatic N) is 1. The Hall–Kier alpha value is -1.47. The van der Waals surface area contributed by atoms with Crippen LogP contribution in [0.4, 0.5) is 4.39 Å².